The standard InChI is InChI=1S/C21H32N6O2/c1-21(2,12-7-6-10-17(23)28)15-27(19-11-13-24-18(14-22)25-19)26-20(29)16-8-4-3-5-9-16/h11,13,16H,3-10,12,15H2,1-2H3,(H2,23,28)(H,26,29). The summed E-state index contributed by atoms with van der Waals surface area (Å²) in [6.07, 6.45) is 9.55. The second kappa shape index (κ2) is 10.7. The second-order valence-corrected chi connectivity index (χ2v) is 8.59. The van der Waals surface area contributed by atoms with Crippen LogP contribution in [0.5, 0.6) is 0 Å². The summed E-state index contributed by atoms with van der Waals surface area (Å²) in [4.78, 5) is 32.0. The van der Waals surface area contributed by atoms with E-state index in [0.717, 1.165) is 44.9 Å². The van der Waals surface area contributed by atoms with Gasteiger partial charge in [0.05, 0.1) is 0 Å². The molecule has 2 rings (SSSR count). The first-order valence-electron chi connectivity index (χ1n) is 10.4. The van der Waals surface area contributed by atoms with E-state index in [1.165, 1.54) is 12.6 Å². The summed E-state index contributed by atoms with van der Waals surface area (Å²) < 4.78 is 0. The minimum Gasteiger partial charge on any atom is -0.370 e. The van der Waals surface area contributed by atoms with Crippen LogP contribution in [0.4, 0.5) is 5.82 Å². The predicted molar refractivity (Wildman–Crippen MR) is 110 cm³/mol. The molecular weight excluding hydrogens is 368 g/mol. The number of nitriles is 1. The van der Waals surface area contributed by atoms with Gasteiger partial charge in [-0.25, -0.2) is 4.98 Å². The topological polar surface area (TPSA) is 125 Å². The van der Waals surface area contributed by atoms with Crippen LogP contribution in [-0.4, -0.2) is 28.3 Å². The molecule has 0 saturated heterocycles. The zero-order chi connectivity index (χ0) is 21.3. The molecule has 0 aromatic carbocycles. The van der Waals surface area contributed by atoms with E-state index in [1.54, 1.807) is 11.1 Å². The van der Waals surface area contributed by atoms with Crippen LogP contribution in [-0.2, 0) is 9.59 Å². The number of rotatable bonds is 10. The van der Waals surface area contributed by atoms with Gasteiger partial charge in [0.25, 0.3) is 0 Å². The van der Waals surface area contributed by atoms with Crippen LogP contribution in [0, 0.1) is 22.7 Å². The zero-order valence-corrected chi connectivity index (χ0v) is 17.5. The molecule has 1 heterocycles. The van der Waals surface area contributed by atoms with Crippen LogP contribution in [0.15, 0.2) is 12.3 Å². The molecule has 1 saturated carbocycles. The number of hydrogen-bond acceptors (Lipinski definition) is 6. The first kappa shape index (κ1) is 22.6. The smallest absolute Gasteiger partial charge is 0.241 e. The van der Waals surface area contributed by atoms with E-state index in [2.05, 4.69) is 29.2 Å². The molecule has 0 spiro atoms. The summed E-state index contributed by atoms with van der Waals surface area (Å²) in [6.45, 7) is 4.76. The molecule has 0 atom stereocenters. The van der Waals surface area contributed by atoms with Gasteiger partial charge in [0, 0.05) is 31.1 Å². The van der Waals surface area contributed by atoms with Gasteiger partial charge in [-0.3, -0.25) is 20.0 Å². The summed E-state index contributed by atoms with van der Waals surface area (Å²) in [6, 6.07) is 3.65. The normalized spacial score (nSPS) is 14.8. The van der Waals surface area contributed by atoms with Gasteiger partial charge in [0.1, 0.15) is 6.07 Å². The molecule has 1 aliphatic carbocycles. The number of anilines is 1. The van der Waals surface area contributed by atoms with Gasteiger partial charge in [0.2, 0.25) is 17.6 Å². The summed E-state index contributed by atoms with van der Waals surface area (Å²) in [5.41, 5.74) is 8.11. The van der Waals surface area contributed by atoms with E-state index in [0.29, 0.717) is 18.8 Å². The number of nitrogens with zero attached hydrogens (tertiary/aromatic N) is 4. The quantitative estimate of drug-likeness (QED) is 0.459. The average Bonchev–Trinajstić information content (AvgIpc) is 2.71. The number of nitrogens with two attached hydrogens (primary N) is 1. The van der Waals surface area contributed by atoms with E-state index in [1.807, 2.05) is 6.07 Å². The minimum atomic E-state index is -0.283. The number of hydrogen-bond donors (Lipinski definition) is 2. The van der Waals surface area contributed by atoms with E-state index in [4.69, 9.17) is 11.0 Å². The van der Waals surface area contributed by atoms with E-state index in [9.17, 15) is 9.59 Å². The van der Waals surface area contributed by atoms with Crippen LogP contribution in [0.1, 0.15) is 77.5 Å². The van der Waals surface area contributed by atoms with E-state index >= 15 is 0 Å². The second-order valence-electron chi connectivity index (χ2n) is 8.59. The molecule has 1 aromatic rings. The summed E-state index contributed by atoms with van der Waals surface area (Å²) in [5, 5.41) is 10.9. The van der Waals surface area contributed by atoms with Gasteiger partial charge in [0.15, 0.2) is 5.82 Å². The van der Waals surface area contributed by atoms with Crippen LogP contribution in [0.3, 0.4) is 0 Å². The lowest BCUT2D eigenvalue weighted by Gasteiger charge is -2.35. The maximum absolute atomic E-state index is 12.8. The SMILES string of the molecule is CC(C)(CCCCC(N)=O)CN(NC(=O)C1CCCCC1)c1ccnc(C#N)n1. The maximum atomic E-state index is 12.8. The number of unbranched alkanes of at least 4 members (excludes halogenated alkanes) is 1. The van der Waals surface area contributed by atoms with Crippen molar-refractivity contribution in [1.29, 1.82) is 5.26 Å². The van der Waals surface area contributed by atoms with Gasteiger partial charge in [-0.15, -0.1) is 0 Å². The number of amides is 2. The number of aromatic nitrogens is 2. The summed E-state index contributed by atoms with van der Waals surface area (Å²) >= 11 is 0. The Morgan fingerprint density at radius 3 is 2.69 bits per heavy atom. The molecule has 29 heavy (non-hydrogen) atoms. The number of carbonyl (C=O) groups excluding carboxylic acids is 2. The Labute approximate surface area is 172 Å². The fraction of sp³-hybridized carbons (Fsp3) is 0.667. The van der Waals surface area contributed by atoms with Crippen LogP contribution < -0.4 is 16.2 Å². The molecule has 0 radical (unpaired) electrons. The van der Waals surface area contributed by atoms with Crippen molar-refractivity contribution in [2.24, 2.45) is 17.1 Å². The number of hydrazine groups is 1. The Morgan fingerprint density at radius 2 is 2.03 bits per heavy atom. The monoisotopic (exact) mass is 400 g/mol. The highest BCUT2D eigenvalue weighted by atomic mass is 16.2. The number of primary amides is 1. The fourth-order valence-electron chi connectivity index (χ4n) is 3.73. The average molecular weight is 401 g/mol. The minimum absolute atomic E-state index is 0.00588. The van der Waals surface area contributed by atoms with Gasteiger partial charge in [-0.2, -0.15) is 10.2 Å². The Balaban J connectivity index is 2.09. The zero-order valence-electron chi connectivity index (χ0n) is 17.5. The third-order valence-electron chi connectivity index (χ3n) is 5.35. The molecule has 8 nitrogen and oxygen atoms in total. The van der Waals surface area contributed by atoms with Crippen molar-refractivity contribution in [2.45, 2.75) is 71.6 Å². The first-order chi connectivity index (χ1) is 13.8. The first-order valence-corrected chi connectivity index (χ1v) is 10.4. The third-order valence-corrected chi connectivity index (χ3v) is 5.35. The number of nitrogens with one attached hydrogen (secondary N) is 1. The van der Waals surface area contributed by atoms with E-state index < -0.39 is 0 Å². The number of carbonyl (C=O) groups is 2. The lowest BCUT2D eigenvalue weighted by Crippen LogP contribution is -2.49. The largest absolute Gasteiger partial charge is 0.370 e. The highest BCUT2D eigenvalue weighted by Crippen LogP contribution is 2.28. The fourth-order valence-corrected chi connectivity index (χ4v) is 3.73. The highest BCUT2D eigenvalue weighted by molar-refractivity contribution is 5.80. The highest BCUT2D eigenvalue weighted by Gasteiger charge is 2.27. The summed E-state index contributed by atoms with van der Waals surface area (Å²) in [5.74, 6) is 0.312. The van der Waals surface area contributed by atoms with E-state index in [-0.39, 0.29) is 29.0 Å². The van der Waals surface area contributed by atoms with Crippen molar-refractivity contribution < 1.29 is 9.59 Å². The molecule has 0 unspecified atom stereocenters. The van der Waals surface area contributed by atoms with Crippen LogP contribution >= 0.6 is 0 Å². The van der Waals surface area contributed by atoms with Crippen molar-refractivity contribution >= 4 is 17.6 Å². The molecule has 1 aliphatic rings. The molecule has 0 aliphatic heterocycles. The molecule has 1 aromatic heterocycles. The Bertz CT molecular complexity index is 737. The molecule has 2 amide bonds. The van der Waals surface area contributed by atoms with Crippen LogP contribution in [0.25, 0.3) is 0 Å². The van der Waals surface area contributed by atoms with Crippen molar-refractivity contribution in [3.8, 4) is 6.07 Å². The molecule has 0 bridgehead atoms. The molecule has 158 valence electrons. The Morgan fingerprint density at radius 1 is 1.31 bits per heavy atom. The Kier molecular flexibility index (Phi) is 8.37. The Hall–Kier alpha value is -2.69. The van der Waals surface area contributed by atoms with Gasteiger partial charge in [-0.05, 0) is 31.1 Å². The van der Waals surface area contributed by atoms with Gasteiger partial charge < -0.3 is 5.73 Å². The van der Waals surface area contributed by atoms with Crippen molar-refractivity contribution in [3.63, 3.8) is 0 Å². The van der Waals surface area contributed by atoms with Gasteiger partial charge >= 0.3 is 0 Å². The third kappa shape index (κ3) is 7.68. The van der Waals surface area contributed by atoms with Crippen molar-refractivity contribution in [2.75, 3.05) is 11.6 Å². The molecule has 3 N–H and O–H groups in total. The van der Waals surface area contributed by atoms with Gasteiger partial charge in [-0.1, -0.05) is 39.5 Å². The molecule has 1 fully saturated rings. The van der Waals surface area contributed by atoms with Crippen molar-refractivity contribution in [1.82, 2.24) is 15.4 Å². The lowest BCUT2D eigenvalue weighted by atomic mass is 9.86. The molecule has 8 heteroatoms. The maximum Gasteiger partial charge on any atom is 0.241 e. The van der Waals surface area contributed by atoms with Crippen molar-refractivity contribution in [3.05, 3.63) is 18.1 Å². The lowest BCUT2D eigenvalue weighted by molar-refractivity contribution is -0.126. The summed E-state index contributed by atoms with van der Waals surface area (Å²) in [7, 11) is 0. The van der Waals surface area contributed by atoms with Crippen LogP contribution in [0.2, 0.25) is 0 Å². The molecular formula is C21H32N6O2. The predicted octanol–water partition coefficient (Wildman–Crippen LogP) is 2.84.